The first-order chi connectivity index (χ1) is 10.6. The number of likely N-dealkylation sites (tertiary alicyclic amines) is 1. The van der Waals surface area contributed by atoms with Crippen LogP contribution in [0.1, 0.15) is 12.8 Å². The summed E-state index contributed by atoms with van der Waals surface area (Å²) in [4.78, 5) is 28.4. The molecule has 0 radical (unpaired) electrons. The number of hydrogen-bond acceptors (Lipinski definition) is 3. The second kappa shape index (κ2) is 7.64. The summed E-state index contributed by atoms with van der Waals surface area (Å²) >= 11 is 3.42. The number of amides is 2. The summed E-state index contributed by atoms with van der Waals surface area (Å²) in [5, 5.41) is 0. The van der Waals surface area contributed by atoms with Crippen molar-refractivity contribution in [3.05, 3.63) is 28.7 Å². The highest BCUT2D eigenvalue weighted by molar-refractivity contribution is 9.10. The van der Waals surface area contributed by atoms with Gasteiger partial charge in [-0.25, -0.2) is 0 Å². The molecular formula is C16H21BrClN3O2. The molecule has 2 aliphatic rings. The topological polar surface area (TPSA) is 66.6 Å². The number of benzene rings is 1. The second-order valence-electron chi connectivity index (χ2n) is 6.06. The average molecular weight is 403 g/mol. The SMILES string of the molecule is Cl.NCC1CCN(C(=O)C2CC(=O)N(c3cccc(Br)c3)C2)C1. The Kier molecular flexibility index (Phi) is 6.06. The maximum Gasteiger partial charge on any atom is 0.228 e. The Morgan fingerprint density at radius 3 is 2.78 bits per heavy atom. The van der Waals surface area contributed by atoms with Crippen molar-refractivity contribution >= 4 is 45.8 Å². The fraction of sp³-hybridized carbons (Fsp3) is 0.500. The predicted octanol–water partition coefficient (Wildman–Crippen LogP) is 2.03. The first-order valence-corrected chi connectivity index (χ1v) is 8.42. The Hall–Kier alpha value is -1.11. The lowest BCUT2D eigenvalue weighted by molar-refractivity contribution is -0.134. The van der Waals surface area contributed by atoms with E-state index in [1.165, 1.54) is 0 Å². The monoisotopic (exact) mass is 401 g/mol. The molecule has 2 fully saturated rings. The largest absolute Gasteiger partial charge is 0.342 e. The number of anilines is 1. The highest BCUT2D eigenvalue weighted by Crippen LogP contribution is 2.29. The van der Waals surface area contributed by atoms with Crippen LogP contribution in [-0.2, 0) is 9.59 Å². The van der Waals surface area contributed by atoms with Gasteiger partial charge >= 0.3 is 0 Å². The van der Waals surface area contributed by atoms with Crippen molar-refractivity contribution < 1.29 is 9.59 Å². The number of nitrogens with zero attached hydrogens (tertiary/aromatic N) is 2. The van der Waals surface area contributed by atoms with E-state index in [0.717, 1.165) is 29.7 Å². The molecule has 3 rings (SSSR count). The summed E-state index contributed by atoms with van der Waals surface area (Å²) in [6.45, 7) is 2.59. The van der Waals surface area contributed by atoms with Gasteiger partial charge in [-0.2, -0.15) is 0 Å². The molecule has 23 heavy (non-hydrogen) atoms. The molecule has 1 aromatic carbocycles. The number of rotatable bonds is 3. The molecule has 7 heteroatoms. The van der Waals surface area contributed by atoms with E-state index in [1.54, 1.807) is 4.90 Å². The first-order valence-electron chi connectivity index (χ1n) is 7.63. The highest BCUT2D eigenvalue weighted by atomic mass is 79.9. The van der Waals surface area contributed by atoms with Gasteiger partial charge in [0.1, 0.15) is 0 Å². The van der Waals surface area contributed by atoms with E-state index < -0.39 is 0 Å². The van der Waals surface area contributed by atoms with Gasteiger partial charge < -0.3 is 15.5 Å². The summed E-state index contributed by atoms with van der Waals surface area (Å²) in [6, 6.07) is 7.62. The minimum absolute atomic E-state index is 0. The standard InChI is InChI=1S/C16H20BrN3O2.ClH/c17-13-2-1-3-14(7-13)20-10-12(6-15(20)21)16(22)19-5-4-11(8-18)9-19;/h1-3,7,11-12H,4-6,8-10,18H2;1H. The summed E-state index contributed by atoms with van der Waals surface area (Å²) in [5.41, 5.74) is 6.52. The Bertz CT molecular complexity index is 598. The molecule has 0 bridgehead atoms. The van der Waals surface area contributed by atoms with Gasteiger partial charge in [0.05, 0.1) is 5.92 Å². The molecule has 5 nitrogen and oxygen atoms in total. The molecule has 1 aromatic rings. The van der Waals surface area contributed by atoms with Gasteiger partial charge in [-0.1, -0.05) is 22.0 Å². The van der Waals surface area contributed by atoms with Crippen LogP contribution in [0.4, 0.5) is 5.69 Å². The number of halogens is 2. The van der Waals surface area contributed by atoms with Crippen LogP contribution >= 0.6 is 28.3 Å². The van der Waals surface area contributed by atoms with Crippen LogP contribution in [0.5, 0.6) is 0 Å². The van der Waals surface area contributed by atoms with Gasteiger partial charge in [0, 0.05) is 36.2 Å². The summed E-state index contributed by atoms with van der Waals surface area (Å²) in [6.07, 6.45) is 1.27. The fourth-order valence-corrected chi connectivity index (χ4v) is 3.64. The van der Waals surface area contributed by atoms with Crippen LogP contribution in [-0.4, -0.2) is 42.9 Å². The summed E-state index contributed by atoms with van der Waals surface area (Å²) < 4.78 is 0.929. The second-order valence-corrected chi connectivity index (χ2v) is 6.98. The minimum atomic E-state index is -0.233. The number of nitrogens with two attached hydrogens (primary N) is 1. The number of carbonyl (C=O) groups is 2. The normalized spacial score (nSPS) is 24.0. The highest BCUT2D eigenvalue weighted by Gasteiger charge is 2.38. The molecule has 0 aromatic heterocycles. The third-order valence-corrected chi connectivity index (χ3v) is 5.02. The Morgan fingerprint density at radius 1 is 1.35 bits per heavy atom. The van der Waals surface area contributed by atoms with E-state index in [4.69, 9.17) is 5.73 Å². The van der Waals surface area contributed by atoms with Crippen LogP contribution in [0.25, 0.3) is 0 Å². The van der Waals surface area contributed by atoms with Gasteiger partial charge in [-0.3, -0.25) is 9.59 Å². The summed E-state index contributed by atoms with van der Waals surface area (Å²) in [5.74, 6) is 0.290. The number of carbonyl (C=O) groups excluding carboxylic acids is 2. The molecule has 2 heterocycles. The van der Waals surface area contributed by atoms with Gasteiger partial charge in [0.2, 0.25) is 11.8 Å². The zero-order valence-electron chi connectivity index (χ0n) is 12.8. The lowest BCUT2D eigenvalue weighted by Crippen LogP contribution is -2.36. The Morgan fingerprint density at radius 2 is 2.13 bits per heavy atom. The van der Waals surface area contributed by atoms with E-state index >= 15 is 0 Å². The lowest BCUT2D eigenvalue weighted by Gasteiger charge is -2.21. The predicted molar refractivity (Wildman–Crippen MR) is 95.6 cm³/mol. The Balaban J connectivity index is 0.00000192. The van der Waals surface area contributed by atoms with Crippen molar-refractivity contribution in [1.82, 2.24) is 4.90 Å². The van der Waals surface area contributed by atoms with E-state index in [9.17, 15) is 9.59 Å². The van der Waals surface area contributed by atoms with E-state index in [1.807, 2.05) is 29.2 Å². The van der Waals surface area contributed by atoms with Crippen molar-refractivity contribution in [2.24, 2.45) is 17.6 Å². The zero-order chi connectivity index (χ0) is 15.7. The molecule has 2 unspecified atom stereocenters. The van der Waals surface area contributed by atoms with Crippen molar-refractivity contribution in [2.45, 2.75) is 12.8 Å². The smallest absolute Gasteiger partial charge is 0.228 e. The van der Waals surface area contributed by atoms with Crippen molar-refractivity contribution in [1.29, 1.82) is 0 Å². The number of hydrogen-bond donors (Lipinski definition) is 1. The fourth-order valence-electron chi connectivity index (χ4n) is 3.25. The van der Waals surface area contributed by atoms with Crippen molar-refractivity contribution in [3.63, 3.8) is 0 Å². The molecule has 2 N–H and O–H groups in total. The Labute approximate surface area is 150 Å². The van der Waals surface area contributed by atoms with Gasteiger partial charge in [0.25, 0.3) is 0 Å². The molecule has 0 spiro atoms. The molecule has 0 saturated carbocycles. The first kappa shape index (κ1) is 18.2. The van der Waals surface area contributed by atoms with Crippen LogP contribution in [0, 0.1) is 11.8 Å². The van der Waals surface area contributed by atoms with E-state index in [0.29, 0.717) is 25.4 Å². The van der Waals surface area contributed by atoms with Gasteiger partial charge in [-0.05, 0) is 37.1 Å². The molecule has 0 aliphatic carbocycles. The van der Waals surface area contributed by atoms with Gasteiger partial charge in [0.15, 0.2) is 0 Å². The summed E-state index contributed by atoms with van der Waals surface area (Å²) in [7, 11) is 0. The van der Waals surface area contributed by atoms with Crippen LogP contribution in [0.2, 0.25) is 0 Å². The van der Waals surface area contributed by atoms with Crippen LogP contribution in [0.3, 0.4) is 0 Å². The van der Waals surface area contributed by atoms with Crippen LogP contribution in [0.15, 0.2) is 28.7 Å². The average Bonchev–Trinajstić information content (AvgIpc) is 3.13. The van der Waals surface area contributed by atoms with Crippen molar-refractivity contribution in [3.8, 4) is 0 Å². The maximum atomic E-state index is 12.6. The van der Waals surface area contributed by atoms with E-state index in [2.05, 4.69) is 15.9 Å². The van der Waals surface area contributed by atoms with Gasteiger partial charge in [-0.15, -0.1) is 12.4 Å². The maximum absolute atomic E-state index is 12.6. The molecular weight excluding hydrogens is 382 g/mol. The third kappa shape index (κ3) is 3.87. The van der Waals surface area contributed by atoms with Crippen LogP contribution < -0.4 is 10.6 Å². The molecule has 126 valence electrons. The lowest BCUT2D eigenvalue weighted by atomic mass is 10.1. The van der Waals surface area contributed by atoms with E-state index in [-0.39, 0.29) is 30.1 Å². The molecule has 2 saturated heterocycles. The minimum Gasteiger partial charge on any atom is -0.342 e. The molecule has 2 aliphatic heterocycles. The third-order valence-electron chi connectivity index (χ3n) is 4.53. The quantitative estimate of drug-likeness (QED) is 0.841. The molecule has 2 amide bonds. The zero-order valence-corrected chi connectivity index (χ0v) is 15.2. The van der Waals surface area contributed by atoms with Crippen molar-refractivity contribution in [2.75, 3.05) is 31.1 Å². The molecule has 2 atom stereocenters.